The number of nitrogens with one attached hydrogen (secondary N) is 1. The first-order valence-corrected chi connectivity index (χ1v) is 11.4. The number of carbonyl (C=O) groups is 2. The Balaban J connectivity index is 1.29. The van der Waals surface area contributed by atoms with Crippen molar-refractivity contribution in [2.24, 2.45) is 0 Å². The number of hydrogen-bond donors (Lipinski definition) is 1. The maximum absolute atomic E-state index is 12.6. The number of benzene rings is 3. The van der Waals surface area contributed by atoms with Crippen molar-refractivity contribution in [3.8, 4) is 11.1 Å². The summed E-state index contributed by atoms with van der Waals surface area (Å²) in [5.74, 6) is -0.249. The number of rotatable bonds is 8. The summed E-state index contributed by atoms with van der Waals surface area (Å²) in [5, 5.41) is 3.06. The highest BCUT2D eigenvalue weighted by molar-refractivity contribution is 5.93. The van der Waals surface area contributed by atoms with Crippen LogP contribution in [0.1, 0.15) is 41.7 Å². The third kappa shape index (κ3) is 5.40. The van der Waals surface area contributed by atoms with Gasteiger partial charge in [-0.2, -0.15) is 0 Å². The highest BCUT2D eigenvalue weighted by Gasteiger charge is 2.21. The Labute approximate surface area is 195 Å². The molecule has 0 aromatic heterocycles. The molecule has 1 N–H and O–H groups in total. The lowest BCUT2D eigenvalue weighted by atomic mass is 9.99. The van der Waals surface area contributed by atoms with E-state index < -0.39 is 0 Å². The molecule has 1 aliphatic rings. The monoisotopic (exact) mass is 439 g/mol. The maximum atomic E-state index is 12.6. The van der Waals surface area contributed by atoms with Gasteiger partial charge in [-0.3, -0.25) is 4.79 Å². The molecule has 4 heteroatoms. The molecule has 0 bridgehead atoms. The number of fused-ring (bicyclic) bond motifs is 3. The molecular formula is C29H29NO3. The zero-order valence-corrected chi connectivity index (χ0v) is 19.2. The van der Waals surface area contributed by atoms with Gasteiger partial charge >= 0.3 is 5.97 Å². The minimum atomic E-state index is -0.294. The Kier molecular flexibility index (Phi) is 7.04. The largest absolute Gasteiger partial charge is 0.463 e. The number of esters is 1. The van der Waals surface area contributed by atoms with E-state index in [2.05, 4.69) is 41.7 Å². The van der Waals surface area contributed by atoms with E-state index in [0.29, 0.717) is 25.1 Å². The van der Waals surface area contributed by atoms with Gasteiger partial charge in [0, 0.05) is 12.1 Å². The van der Waals surface area contributed by atoms with E-state index in [1.54, 1.807) is 13.8 Å². The highest BCUT2D eigenvalue weighted by atomic mass is 16.5. The Morgan fingerprint density at radius 3 is 2.52 bits per heavy atom. The van der Waals surface area contributed by atoms with E-state index in [1.807, 2.05) is 36.4 Å². The fourth-order valence-electron chi connectivity index (χ4n) is 4.31. The van der Waals surface area contributed by atoms with Crippen molar-refractivity contribution in [3.63, 3.8) is 0 Å². The minimum Gasteiger partial charge on any atom is -0.463 e. The van der Waals surface area contributed by atoms with Gasteiger partial charge in [0.2, 0.25) is 5.91 Å². The lowest BCUT2D eigenvalue weighted by molar-refractivity contribution is -0.138. The molecule has 0 saturated carbocycles. The van der Waals surface area contributed by atoms with Crippen LogP contribution in [-0.2, 0) is 33.6 Å². The van der Waals surface area contributed by atoms with E-state index >= 15 is 0 Å². The second-order valence-electron chi connectivity index (χ2n) is 8.34. The van der Waals surface area contributed by atoms with Gasteiger partial charge in [0.05, 0.1) is 13.0 Å². The van der Waals surface area contributed by atoms with E-state index in [1.165, 1.54) is 22.3 Å². The first-order valence-electron chi connectivity index (χ1n) is 11.4. The van der Waals surface area contributed by atoms with Crippen LogP contribution in [0.15, 0.2) is 72.3 Å². The summed E-state index contributed by atoms with van der Waals surface area (Å²) >= 11 is 0. The normalized spacial score (nSPS) is 12.1. The third-order valence-corrected chi connectivity index (χ3v) is 5.99. The van der Waals surface area contributed by atoms with Crippen molar-refractivity contribution in [1.29, 1.82) is 0 Å². The topological polar surface area (TPSA) is 55.4 Å². The van der Waals surface area contributed by atoms with Crippen LogP contribution in [0.4, 0.5) is 0 Å². The lowest BCUT2D eigenvalue weighted by Crippen LogP contribution is -2.27. The maximum Gasteiger partial charge on any atom is 0.333 e. The Bertz CT molecular complexity index is 1190. The van der Waals surface area contributed by atoms with Crippen molar-refractivity contribution in [3.05, 3.63) is 100 Å². The summed E-state index contributed by atoms with van der Waals surface area (Å²) in [6.07, 6.45) is 3.87. The fourth-order valence-corrected chi connectivity index (χ4v) is 4.31. The Morgan fingerprint density at radius 1 is 0.970 bits per heavy atom. The third-order valence-electron chi connectivity index (χ3n) is 5.99. The van der Waals surface area contributed by atoms with E-state index in [0.717, 1.165) is 29.5 Å². The van der Waals surface area contributed by atoms with Gasteiger partial charge in [-0.25, -0.2) is 4.79 Å². The SMILES string of the molecule is CCOC(=O)/C(C)=C/c1ccc(CCNC(=O)Cc2cccc3c2Cc2ccccc2-3)cc1. The molecule has 0 spiro atoms. The van der Waals surface area contributed by atoms with Gasteiger partial charge < -0.3 is 10.1 Å². The molecule has 4 nitrogen and oxygen atoms in total. The summed E-state index contributed by atoms with van der Waals surface area (Å²) in [4.78, 5) is 24.3. The fraction of sp³-hybridized carbons (Fsp3) is 0.241. The summed E-state index contributed by atoms with van der Waals surface area (Å²) < 4.78 is 5.01. The first-order chi connectivity index (χ1) is 16.0. The van der Waals surface area contributed by atoms with Gasteiger partial charge in [-0.05, 0) is 71.7 Å². The standard InChI is InChI=1S/C29H29NO3/c1-3-33-29(32)20(2)17-22-13-11-21(12-14-22)15-16-30-28(31)19-24-8-6-10-26-25-9-5-4-7-23(25)18-27(24)26/h4-14,17H,3,15-16,18-19H2,1-2H3,(H,30,31)/b20-17+. The number of ether oxygens (including phenoxy) is 1. The van der Waals surface area contributed by atoms with Crippen LogP contribution < -0.4 is 5.32 Å². The van der Waals surface area contributed by atoms with Crippen molar-refractivity contribution in [2.75, 3.05) is 13.2 Å². The molecule has 0 fully saturated rings. The molecule has 1 amide bonds. The molecule has 33 heavy (non-hydrogen) atoms. The lowest BCUT2D eigenvalue weighted by Gasteiger charge is -2.10. The average molecular weight is 440 g/mol. The second kappa shape index (κ2) is 10.3. The molecular weight excluding hydrogens is 410 g/mol. The van der Waals surface area contributed by atoms with Crippen molar-refractivity contribution in [2.45, 2.75) is 33.1 Å². The van der Waals surface area contributed by atoms with Crippen LogP contribution in [0, 0.1) is 0 Å². The van der Waals surface area contributed by atoms with Crippen LogP contribution in [0.3, 0.4) is 0 Å². The summed E-state index contributed by atoms with van der Waals surface area (Å²) in [6, 6.07) is 22.7. The van der Waals surface area contributed by atoms with Gasteiger partial charge in [0.25, 0.3) is 0 Å². The predicted molar refractivity (Wildman–Crippen MR) is 132 cm³/mol. The quantitative estimate of drug-likeness (QED) is 0.306. The highest BCUT2D eigenvalue weighted by Crippen LogP contribution is 2.38. The molecule has 3 aromatic carbocycles. The van der Waals surface area contributed by atoms with Crippen molar-refractivity contribution < 1.29 is 14.3 Å². The molecule has 0 radical (unpaired) electrons. The smallest absolute Gasteiger partial charge is 0.333 e. The summed E-state index contributed by atoms with van der Waals surface area (Å²) in [6.45, 7) is 4.51. The van der Waals surface area contributed by atoms with Crippen LogP contribution in [0.25, 0.3) is 17.2 Å². The number of amides is 1. The second-order valence-corrected chi connectivity index (χ2v) is 8.34. The van der Waals surface area contributed by atoms with Gasteiger partial charge in [-0.1, -0.05) is 66.7 Å². The van der Waals surface area contributed by atoms with Gasteiger partial charge in [0.1, 0.15) is 0 Å². The molecule has 168 valence electrons. The zero-order chi connectivity index (χ0) is 23.2. The molecule has 4 rings (SSSR count). The first kappa shape index (κ1) is 22.5. The summed E-state index contributed by atoms with van der Waals surface area (Å²) in [5.41, 5.74) is 8.91. The minimum absolute atomic E-state index is 0.0453. The number of hydrogen-bond acceptors (Lipinski definition) is 3. The molecule has 0 saturated heterocycles. The molecule has 1 aliphatic carbocycles. The van der Waals surface area contributed by atoms with Crippen LogP contribution in [0.2, 0.25) is 0 Å². The van der Waals surface area contributed by atoms with E-state index in [-0.39, 0.29) is 11.9 Å². The van der Waals surface area contributed by atoms with Crippen LogP contribution in [-0.4, -0.2) is 25.0 Å². The van der Waals surface area contributed by atoms with E-state index in [9.17, 15) is 9.59 Å². The Hall–Kier alpha value is -3.66. The molecule has 0 heterocycles. The zero-order valence-electron chi connectivity index (χ0n) is 19.2. The van der Waals surface area contributed by atoms with Gasteiger partial charge in [0.15, 0.2) is 0 Å². The van der Waals surface area contributed by atoms with E-state index in [4.69, 9.17) is 4.74 Å². The van der Waals surface area contributed by atoms with Crippen LogP contribution in [0.5, 0.6) is 0 Å². The summed E-state index contributed by atoms with van der Waals surface area (Å²) in [7, 11) is 0. The van der Waals surface area contributed by atoms with Crippen molar-refractivity contribution >= 4 is 18.0 Å². The number of carbonyl (C=O) groups excluding carboxylic acids is 2. The Morgan fingerprint density at radius 2 is 1.73 bits per heavy atom. The average Bonchev–Trinajstić information content (AvgIpc) is 3.20. The van der Waals surface area contributed by atoms with Gasteiger partial charge in [-0.15, -0.1) is 0 Å². The van der Waals surface area contributed by atoms with Crippen LogP contribution >= 0.6 is 0 Å². The van der Waals surface area contributed by atoms with Crippen molar-refractivity contribution in [1.82, 2.24) is 5.32 Å². The predicted octanol–water partition coefficient (Wildman–Crippen LogP) is 5.13. The molecule has 3 aromatic rings. The molecule has 0 atom stereocenters. The molecule has 0 aliphatic heterocycles. The molecule has 0 unspecified atom stereocenters.